The summed E-state index contributed by atoms with van der Waals surface area (Å²) in [5, 5.41) is 2.71. The van der Waals surface area contributed by atoms with E-state index in [0.717, 1.165) is 0 Å². The molecule has 0 heterocycles. The molecule has 0 radical (unpaired) electrons. The van der Waals surface area contributed by atoms with E-state index < -0.39 is 5.97 Å². The number of rotatable bonds is 6. The van der Waals surface area contributed by atoms with Gasteiger partial charge in [-0.15, -0.1) is 0 Å². The van der Waals surface area contributed by atoms with Gasteiger partial charge in [0.1, 0.15) is 5.75 Å². The first-order valence-corrected chi connectivity index (χ1v) is 7.82. The molecule has 2 rings (SSSR count). The minimum atomic E-state index is -0.477. The van der Waals surface area contributed by atoms with Crippen molar-refractivity contribution in [1.82, 2.24) is 4.90 Å². The third kappa shape index (κ3) is 4.83. The molecule has 7 heteroatoms. The number of hydrogen-bond acceptors (Lipinski definition) is 5. The summed E-state index contributed by atoms with van der Waals surface area (Å²) in [6, 6.07) is 13.0. The van der Waals surface area contributed by atoms with Crippen LogP contribution in [0, 0.1) is 0 Å². The maximum atomic E-state index is 12.4. The van der Waals surface area contributed by atoms with Crippen LogP contribution in [0.15, 0.2) is 48.5 Å². The topological polar surface area (TPSA) is 84.9 Å². The summed E-state index contributed by atoms with van der Waals surface area (Å²) in [7, 11) is 4.36. The molecule has 0 bridgehead atoms. The van der Waals surface area contributed by atoms with E-state index in [1.807, 2.05) is 0 Å². The Morgan fingerprint density at radius 1 is 1.00 bits per heavy atom. The molecule has 26 heavy (non-hydrogen) atoms. The number of amides is 2. The first-order chi connectivity index (χ1) is 12.4. The average Bonchev–Trinajstić information content (AvgIpc) is 2.66. The first-order valence-electron chi connectivity index (χ1n) is 7.82. The average molecular weight is 356 g/mol. The van der Waals surface area contributed by atoms with Crippen molar-refractivity contribution in [3.05, 3.63) is 59.7 Å². The van der Waals surface area contributed by atoms with Crippen LogP contribution >= 0.6 is 0 Å². The summed E-state index contributed by atoms with van der Waals surface area (Å²) in [5.74, 6) is -0.518. The lowest BCUT2D eigenvalue weighted by molar-refractivity contribution is -0.116. The van der Waals surface area contributed by atoms with Crippen LogP contribution in [0.4, 0.5) is 5.69 Å². The minimum Gasteiger partial charge on any atom is -0.497 e. The summed E-state index contributed by atoms with van der Waals surface area (Å²) in [4.78, 5) is 37.2. The van der Waals surface area contributed by atoms with Crippen LogP contribution in [0.3, 0.4) is 0 Å². The van der Waals surface area contributed by atoms with Crippen molar-refractivity contribution in [1.29, 1.82) is 0 Å². The van der Waals surface area contributed by atoms with Crippen LogP contribution in [-0.4, -0.2) is 50.5 Å². The van der Waals surface area contributed by atoms with E-state index in [4.69, 9.17) is 4.74 Å². The van der Waals surface area contributed by atoms with Gasteiger partial charge in [0, 0.05) is 24.4 Å². The Morgan fingerprint density at radius 3 is 2.27 bits per heavy atom. The Morgan fingerprint density at radius 2 is 1.65 bits per heavy atom. The number of nitrogens with one attached hydrogen (secondary N) is 1. The van der Waals surface area contributed by atoms with Gasteiger partial charge in [-0.2, -0.15) is 0 Å². The number of esters is 1. The van der Waals surface area contributed by atoms with Crippen molar-refractivity contribution < 1.29 is 23.9 Å². The van der Waals surface area contributed by atoms with Crippen molar-refractivity contribution in [2.45, 2.75) is 0 Å². The highest BCUT2D eigenvalue weighted by atomic mass is 16.5. The smallest absolute Gasteiger partial charge is 0.337 e. The van der Waals surface area contributed by atoms with Crippen molar-refractivity contribution in [2.24, 2.45) is 0 Å². The molecule has 0 saturated carbocycles. The van der Waals surface area contributed by atoms with E-state index in [9.17, 15) is 14.4 Å². The maximum absolute atomic E-state index is 12.4. The normalized spacial score (nSPS) is 9.96. The molecule has 1 N–H and O–H groups in total. The third-order valence-electron chi connectivity index (χ3n) is 3.63. The molecule has 0 atom stereocenters. The second kappa shape index (κ2) is 8.66. The molecule has 7 nitrogen and oxygen atoms in total. The molecular weight excluding hydrogens is 336 g/mol. The standard InChI is InChI=1S/C19H20N2O5/c1-21(12-17(22)20-15-5-4-6-16(11-15)25-2)18(23)13-7-9-14(10-8-13)19(24)26-3/h4-11H,12H2,1-3H3,(H,20,22). The quantitative estimate of drug-likeness (QED) is 0.802. The Balaban J connectivity index is 1.97. The zero-order chi connectivity index (χ0) is 19.1. The fourth-order valence-corrected chi connectivity index (χ4v) is 2.28. The fourth-order valence-electron chi connectivity index (χ4n) is 2.28. The molecule has 0 unspecified atom stereocenters. The lowest BCUT2D eigenvalue weighted by Gasteiger charge is -2.17. The number of nitrogens with zero attached hydrogens (tertiary/aromatic N) is 1. The van der Waals surface area contributed by atoms with Gasteiger partial charge in [0.15, 0.2) is 0 Å². The van der Waals surface area contributed by atoms with Crippen LogP contribution in [0.1, 0.15) is 20.7 Å². The molecule has 2 aromatic rings. The van der Waals surface area contributed by atoms with Gasteiger partial charge >= 0.3 is 5.97 Å². The van der Waals surface area contributed by atoms with Crippen LogP contribution in [0.5, 0.6) is 5.75 Å². The number of methoxy groups -OCH3 is 2. The Kier molecular flexibility index (Phi) is 6.32. The number of benzene rings is 2. The summed E-state index contributed by atoms with van der Waals surface area (Å²) < 4.78 is 9.71. The summed E-state index contributed by atoms with van der Waals surface area (Å²) in [6.07, 6.45) is 0. The molecule has 0 aliphatic carbocycles. The van der Waals surface area contributed by atoms with Crippen molar-refractivity contribution >= 4 is 23.5 Å². The van der Waals surface area contributed by atoms with E-state index in [-0.39, 0.29) is 18.4 Å². The fraction of sp³-hybridized carbons (Fsp3) is 0.211. The number of anilines is 1. The zero-order valence-corrected chi connectivity index (χ0v) is 14.8. The van der Waals surface area contributed by atoms with Crippen LogP contribution in [-0.2, 0) is 9.53 Å². The Bertz CT molecular complexity index is 802. The summed E-state index contributed by atoms with van der Waals surface area (Å²) in [5.41, 5.74) is 1.30. The second-order valence-electron chi connectivity index (χ2n) is 5.51. The largest absolute Gasteiger partial charge is 0.497 e. The molecule has 2 aromatic carbocycles. The molecule has 0 aliphatic heterocycles. The predicted molar refractivity (Wildman–Crippen MR) is 96.4 cm³/mol. The number of hydrogen-bond donors (Lipinski definition) is 1. The molecule has 2 amide bonds. The lowest BCUT2D eigenvalue weighted by Crippen LogP contribution is -2.34. The van der Waals surface area contributed by atoms with Gasteiger partial charge in [0.25, 0.3) is 5.91 Å². The number of carbonyl (C=O) groups excluding carboxylic acids is 3. The van der Waals surface area contributed by atoms with E-state index in [1.165, 1.54) is 43.3 Å². The molecule has 0 fully saturated rings. The molecule has 0 saturated heterocycles. The van der Waals surface area contributed by atoms with Gasteiger partial charge in [-0.1, -0.05) is 6.07 Å². The van der Waals surface area contributed by atoms with Gasteiger partial charge < -0.3 is 19.7 Å². The first kappa shape index (κ1) is 19.0. The highest BCUT2D eigenvalue weighted by Gasteiger charge is 2.16. The SMILES string of the molecule is COC(=O)c1ccc(C(=O)N(C)CC(=O)Nc2cccc(OC)c2)cc1. The van der Waals surface area contributed by atoms with Gasteiger partial charge in [-0.25, -0.2) is 4.79 Å². The van der Waals surface area contributed by atoms with Gasteiger partial charge in [0.2, 0.25) is 5.91 Å². The van der Waals surface area contributed by atoms with Gasteiger partial charge in [0.05, 0.1) is 26.3 Å². The maximum Gasteiger partial charge on any atom is 0.337 e. The van der Waals surface area contributed by atoms with E-state index in [2.05, 4.69) is 10.1 Å². The predicted octanol–water partition coefficient (Wildman–Crippen LogP) is 2.19. The van der Waals surface area contributed by atoms with Crippen LogP contribution in [0.2, 0.25) is 0 Å². The van der Waals surface area contributed by atoms with Crippen molar-refractivity contribution in [3.8, 4) is 5.75 Å². The molecule has 136 valence electrons. The molecule has 0 aliphatic rings. The number of carbonyl (C=O) groups is 3. The van der Waals surface area contributed by atoms with E-state index in [0.29, 0.717) is 22.6 Å². The van der Waals surface area contributed by atoms with Crippen molar-refractivity contribution in [3.63, 3.8) is 0 Å². The highest BCUT2D eigenvalue weighted by Crippen LogP contribution is 2.16. The monoisotopic (exact) mass is 356 g/mol. The van der Waals surface area contributed by atoms with Crippen LogP contribution < -0.4 is 10.1 Å². The van der Waals surface area contributed by atoms with Crippen molar-refractivity contribution in [2.75, 3.05) is 33.1 Å². The van der Waals surface area contributed by atoms with Gasteiger partial charge in [-0.3, -0.25) is 9.59 Å². The molecule has 0 aromatic heterocycles. The minimum absolute atomic E-state index is 0.116. The highest BCUT2D eigenvalue weighted by molar-refractivity contribution is 6.00. The number of likely N-dealkylation sites (N-methyl/N-ethyl adjacent to an activating group) is 1. The molecule has 0 spiro atoms. The summed E-state index contributed by atoms with van der Waals surface area (Å²) in [6.45, 7) is -0.116. The lowest BCUT2D eigenvalue weighted by atomic mass is 10.1. The number of ether oxygens (including phenoxy) is 2. The van der Waals surface area contributed by atoms with E-state index >= 15 is 0 Å². The van der Waals surface area contributed by atoms with Crippen LogP contribution in [0.25, 0.3) is 0 Å². The van der Waals surface area contributed by atoms with Gasteiger partial charge in [-0.05, 0) is 36.4 Å². The second-order valence-corrected chi connectivity index (χ2v) is 5.51. The third-order valence-corrected chi connectivity index (χ3v) is 3.63. The Hall–Kier alpha value is -3.35. The van der Waals surface area contributed by atoms with E-state index in [1.54, 1.807) is 31.4 Å². The molecular formula is C19H20N2O5. The Labute approximate surface area is 151 Å². The zero-order valence-electron chi connectivity index (χ0n) is 14.8. The summed E-state index contributed by atoms with van der Waals surface area (Å²) >= 11 is 0.